The molecular weight excluding hydrogens is 684 g/mol. The van der Waals surface area contributed by atoms with Crippen molar-refractivity contribution in [3.05, 3.63) is 86.9 Å². The van der Waals surface area contributed by atoms with Crippen molar-refractivity contribution in [1.82, 2.24) is 15.2 Å². The highest BCUT2D eigenvalue weighted by molar-refractivity contribution is 7.99. The van der Waals surface area contributed by atoms with Crippen LogP contribution < -0.4 is 11.1 Å². The Hall–Kier alpha value is -4.26. The Bertz CT molecular complexity index is 1940. The van der Waals surface area contributed by atoms with E-state index < -0.39 is 23.7 Å². The number of aldehydes is 1. The van der Waals surface area contributed by atoms with Gasteiger partial charge in [0.2, 0.25) is 0 Å². The number of nitrogens with one attached hydrogen (secondary N) is 1. The van der Waals surface area contributed by atoms with Crippen molar-refractivity contribution in [3.63, 3.8) is 0 Å². The first-order valence-electron chi connectivity index (χ1n) is 17.8. The number of hydrogen-bond acceptors (Lipinski definition) is 10. The summed E-state index contributed by atoms with van der Waals surface area (Å²) in [5.41, 5.74) is 9.62. The van der Waals surface area contributed by atoms with Gasteiger partial charge in [-0.2, -0.15) is 0 Å². The number of aromatic nitrogens is 1. The molecule has 0 saturated carbocycles. The number of nitrogens with zero attached hydrogens (tertiary/aromatic N) is 2. The van der Waals surface area contributed by atoms with Gasteiger partial charge < -0.3 is 30.5 Å². The van der Waals surface area contributed by atoms with E-state index >= 15 is 4.39 Å². The molecule has 12 heteroatoms. The van der Waals surface area contributed by atoms with E-state index in [1.165, 1.54) is 6.07 Å². The highest BCUT2D eigenvalue weighted by atomic mass is 32.2. The van der Waals surface area contributed by atoms with E-state index in [-0.39, 0.29) is 42.0 Å². The number of alkyl carbamates (subject to hydrolysis) is 1. The van der Waals surface area contributed by atoms with Gasteiger partial charge in [-0.15, -0.1) is 11.8 Å². The lowest BCUT2D eigenvalue weighted by atomic mass is 9.81. The molecular formula is C40H49FN4O6S. The molecule has 1 amide bonds. The van der Waals surface area contributed by atoms with E-state index in [0.29, 0.717) is 54.7 Å². The predicted octanol–water partition coefficient (Wildman–Crippen LogP) is 6.68. The van der Waals surface area contributed by atoms with E-state index in [1.807, 2.05) is 50.1 Å². The third kappa shape index (κ3) is 7.47. The summed E-state index contributed by atoms with van der Waals surface area (Å²) in [6.45, 7) is 12.5. The van der Waals surface area contributed by atoms with Crippen LogP contribution in [-0.4, -0.2) is 64.9 Å². The normalized spacial score (nSPS) is 20.3. The molecule has 278 valence electrons. The minimum absolute atomic E-state index is 0.00649. The standard InChI is InChI=1S/C38H43FN4O6S.C2H6/c1-6-38(47)27(23(16-44)18-48-35(38)45)13-31-34-26(15-43(31)5)33-29(12-11-25-21(2)28(39)14-30(41-34)32(25)33)42-36(46)49-17-22-7-9-24(10-8-22)50-20-37(3,4)19-40;1-2/h7-10,13-14,16,29,47H,6,11-12,15,17-20,40H2,1-5H3,(H,42,46);1-2H3/b31-13-;/t29-,38-;/m0./s1. The molecule has 1 aromatic heterocycles. The molecule has 1 aliphatic carbocycles. The van der Waals surface area contributed by atoms with Gasteiger partial charge in [0.1, 0.15) is 25.3 Å². The molecule has 2 atom stereocenters. The predicted molar refractivity (Wildman–Crippen MR) is 201 cm³/mol. The van der Waals surface area contributed by atoms with Crippen LogP contribution in [0.5, 0.6) is 0 Å². The number of carbonyl (C=O) groups excluding carboxylic acids is 3. The largest absolute Gasteiger partial charge is 0.458 e. The molecule has 3 heterocycles. The van der Waals surface area contributed by atoms with E-state index in [9.17, 15) is 19.5 Å². The lowest BCUT2D eigenvalue weighted by Gasteiger charge is -2.32. The quantitative estimate of drug-likeness (QED) is 0.117. The Morgan fingerprint density at radius 1 is 1.27 bits per heavy atom. The van der Waals surface area contributed by atoms with Crippen molar-refractivity contribution in [2.24, 2.45) is 11.1 Å². The number of aryl methyl sites for hydroxylation is 1. The van der Waals surface area contributed by atoms with Crippen LogP contribution in [0, 0.1) is 18.2 Å². The second-order valence-electron chi connectivity index (χ2n) is 14.1. The topological polar surface area (TPSA) is 144 Å². The number of rotatable bonds is 10. The fraction of sp³-hybridized carbons (Fsp3) is 0.450. The summed E-state index contributed by atoms with van der Waals surface area (Å²) in [6.07, 6.45) is 2.68. The molecule has 0 bridgehead atoms. The number of pyridine rings is 1. The number of halogens is 1. The van der Waals surface area contributed by atoms with Crippen molar-refractivity contribution in [2.45, 2.75) is 90.5 Å². The number of carbonyl (C=O) groups is 3. The number of nitrogens with two attached hydrogens (primary N) is 1. The lowest BCUT2D eigenvalue weighted by molar-refractivity contribution is -0.162. The summed E-state index contributed by atoms with van der Waals surface area (Å²) < 4.78 is 26.0. The fourth-order valence-electron chi connectivity index (χ4n) is 6.82. The van der Waals surface area contributed by atoms with Crippen molar-refractivity contribution >= 4 is 46.7 Å². The smallest absolute Gasteiger partial charge is 0.407 e. The number of ether oxygens (including phenoxy) is 2. The number of hydrogen-bond donors (Lipinski definition) is 3. The summed E-state index contributed by atoms with van der Waals surface area (Å²) in [6, 6.07) is 8.87. The fourth-order valence-corrected chi connectivity index (χ4v) is 7.82. The zero-order valence-corrected chi connectivity index (χ0v) is 31.8. The molecule has 0 fully saturated rings. The molecule has 2 aliphatic heterocycles. The zero-order chi connectivity index (χ0) is 38.0. The average molecular weight is 733 g/mol. The Labute approximate surface area is 309 Å². The number of aliphatic hydroxyl groups is 1. The molecule has 2 aromatic carbocycles. The third-order valence-corrected chi connectivity index (χ3v) is 11.5. The molecule has 6 rings (SSSR count). The molecule has 0 saturated heterocycles. The maximum absolute atomic E-state index is 15.3. The van der Waals surface area contributed by atoms with E-state index in [1.54, 1.807) is 31.7 Å². The Morgan fingerprint density at radius 3 is 2.63 bits per heavy atom. The van der Waals surface area contributed by atoms with Crippen LogP contribution in [0.1, 0.15) is 87.0 Å². The minimum atomic E-state index is -2.01. The number of fused-ring (bicyclic) bond motifs is 2. The first-order valence-corrected chi connectivity index (χ1v) is 18.8. The summed E-state index contributed by atoms with van der Waals surface area (Å²) in [5, 5.41) is 15.2. The highest BCUT2D eigenvalue weighted by Crippen LogP contribution is 2.46. The maximum Gasteiger partial charge on any atom is 0.407 e. The maximum atomic E-state index is 15.3. The van der Waals surface area contributed by atoms with Crippen LogP contribution in [0.3, 0.4) is 0 Å². The number of benzene rings is 2. The number of cyclic esters (lactones) is 1. The second-order valence-corrected chi connectivity index (χ2v) is 15.1. The van der Waals surface area contributed by atoms with Crippen LogP contribution >= 0.6 is 11.8 Å². The SMILES string of the molecule is CC.CC[C@@]1(O)C(=O)OCC(C=O)=C1/C=C1/c2nc3cc(F)c(C)c4c3c(c2CN1C)[C@@H](NC(=O)OCc1ccc(SCC(C)(C)CN)cc1)CC4. The molecule has 0 spiro atoms. The van der Waals surface area contributed by atoms with Gasteiger partial charge in [0.25, 0.3) is 0 Å². The summed E-state index contributed by atoms with van der Waals surface area (Å²) in [4.78, 5) is 46.0. The molecule has 3 aromatic rings. The Balaban J connectivity index is 0.00000257. The number of esters is 1. The van der Waals surface area contributed by atoms with Gasteiger partial charge in [-0.25, -0.2) is 19.0 Å². The van der Waals surface area contributed by atoms with Crippen LogP contribution in [0.15, 0.2) is 52.4 Å². The minimum Gasteiger partial charge on any atom is -0.458 e. The van der Waals surface area contributed by atoms with Gasteiger partial charge in [-0.1, -0.05) is 46.8 Å². The van der Waals surface area contributed by atoms with Crippen LogP contribution in [-0.2, 0) is 38.6 Å². The van der Waals surface area contributed by atoms with Crippen LogP contribution in [0.25, 0.3) is 16.6 Å². The van der Waals surface area contributed by atoms with E-state index in [2.05, 4.69) is 19.2 Å². The molecule has 10 nitrogen and oxygen atoms in total. The Morgan fingerprint density at radius 2 is 1.98 bits per heavy atom. The summed E-state index contributed by atoms with van der Waals surface area (Å²) in [5.74, 6) is -0.307. The monoisotopic (exact) mass is 732 g/mol. The van der Waals surface area contributed by atoms with Crippen molar-refractivity contribution in [2.75, 3.05) is 26.0 Å². The van der Waals surface area contributed by atoms with Crippen LogP contribution in [0.2, 0.25) is 0 Å². The molecule has 3 aliphatic rings. The van der Waals surface area contributed by atoms with Gasteiger partial charge in [0.05, 0.1) is 22.9 Å². The van der Waals surface area contributed by atoms with Crippen molar-refractivity contribution < 1.29 is 33.4 Å². The van der Waals surface area contributed by atoms with E-state index in [4.69, 9.17) is 20.2 Å². The van der Waals surface area contributed by atoms with Gasteiger partial charge in [-0.05, 0) is 78.6 Å². The first-order chi connectivity index (χ1) is 24.8. The van der Waals surface area contributed by atoms with Crippen molar-refractivity contribution in [1.29, 1.82) is 0 Å². The first kappa shape index (κ1) is 39.0. The summed E-state index contributed by atoms with van der Waals surface area (Å²) >= 11 is 1.74. The number of thioether (sulfide) groups is 1. The second kappa shape index (κ2) is 15.8. The third-order valence-electron chi connectivity index (χ3n) is 10.0. The lowest BCUT2D eigenvalue weighted by Crippen LogP contribution is -2.45. The average Bonchev–Trinajstić information content (AvgIpc) is 3.46. The Kier molecular flexibility index (Phi) is 11.8. The van der Waals surface area contributed by atoms with Gasteiger partial charge in [0.15, 0.2) is 5.60 Å². The van der Waals surface area contributed by atoms with Gasteiger partial charge in [0, 0.05) is 52.4 Å². The van der Waals surface area contributed by atoms with Crippen LogP contribution in [0.4, 0.5) is 9.18 Å². The number of amides is 1. The highest BCUT2D eigenvalue weighted by Gasteiger charge is 2.45. The molecule has 4 N–H and O–H groups in total. The van der Waals surface area contributed by atoms with Crippen molar-refractivity contribution in [3.8, 4) is 0 Å². The van der Waals surface area contributed by atoms with Gasteiger partial charge in [-0.3, -0.25) is 4.79 Å². The zero-order valence-electron chi connectivity index (χ0n) is 31.0. The summed E-state index contributed by atoms with van der Waals surface area (Å²) in [7, 11) is 1.84. The molecule has 0 radical (unpaired) electrons. The molecule has 0 unspecified atom stereocenters. The van der Waals surface area contributed by atoms with E-state index in [0.717, 1.165) is 38.3 Å². The van der Waals surface area contributed by atoms with Gasteiger partial charge >= 0.3 is 12.1 Å². The molecule has 52 heavy (non-hydrogen) atoms.